The van der Waals surface area contributed by atoms with E-state index in [0.717, 1.165) is 44.1 Å². The summed E-state index contributed by atoms with van der Waals surface area (Å²) in [7, 11) is 0. The van der Waals surface area contributed by atoms with Crippen molar-refractivity contribution in [1.29, 1.82) is 0 Å². The molecule has 22 heavy (non-hydrogen) atoms. The van der Waals surface area contributed by atoms with E-state index in [1.807, 2.05) is 12.1 Å². The van der Waals surface area contributed by atoms with Crippen molar-refractivity contribution >= 4 is 16.8 Å². The zero-order valence-electron chi connectivity index (χ0n) is 12.6. The van der Waals surface area contributed by atoms with E-state index in [-0.39, 0.29) is 6.42 Å². The lowest BCUT2D eigenvalue weighted by Crippen LogP contribution is -2.06. The van der Waals surface area contributed by atoms with Gasteiger partial charge in [-0.25, -0.2) is 0 Å². The zero-order valence-corrected chi connectivity index (χ0v) is 13.3. The fourth-order valence-corrected chi connectivity index (χ4v) is 2.64. The Kier molecular flexibility index (Phi) is 8.54. The fourth-order valence-electron chi connectivity index (χ4n) is 2.45. The van der Waals surface area contributed by atoms with E-state index in [2.05, 4.69) is 0 Å². The molecule has 0 atom stereocenters. The Morgan fingerprint density at radius 1 is 0.909 bits per heavy atom. The maximum atomic E-state index is 11.9. The third kappa shape index (κ3) is 8.42. The molecule has 5 heteroatoms. The summed E-state index contributed by atoms with van der Waals surface area (Å²) in [6.45, 7) is 0. The van der Waals surface area contributed by atoms with E-state index in [9.17, 15) is 18.0 Å². The highest BCUT2D eigenvalue weighted by Crippen LogP contribution is 2.23. The molecule has 0 aliphatic carbocycles. The molecule has 0 spiro atoms. The van der Waals surface area contributed by atoms with Crippen molar-refractivity contribution in [3.8, 4) is 0 Å². The summed E-state index contributed by atoms with van der Waals surface area (Å²) in [5, 5.41) is -0.430. The van der Waals surface area contributed by atoms with Gasteiger partial charge in [0.05, 0.1) is 0 Å². The third-order valence-electron chi connectivity index (χ3n) is 3.64. The summed E-state index contributed by atoms with van der Waals surface area (Å²) in [4.78, 5) is 11.3. The van der Waals surface area contributed by atoms with E-state index in [4.69, 9.17) is 11.6 Å². The van der Waals surface area contributed by atoms with Crippen LogP contribution in [0.5, 0.6) is 0 Å². The van der Waals surface area contributed by atoms with Crippen molar-refractivity contribution in [3.63, 3.8) is 0 Å². The van der Waals surface area contributed by atoms with Crippen molar-refractivity contribution in [1.82, 2.24) is 0 Å². The molecule has 0 N–H and O–H groups in total. The minimum Gasteiger partial charge on any atom is -0.276 e. The van der Waals surface area contributed by atoms with E-state index in [1.54, 1.807) is 12.1 Å². The van der Waals surface area contributed by atoms with Gasteiger partial charge in [-0.05, 0) is 42.5 Å². The predicted molar refractivity (Wildman–Crippen MR) is 83.3 cm³/mol. The summed E-state index contributed by atoms with van der Waals surface area (Å²) < 4.78 is 35.8. The Bertz CT molecular complexity index is 457. The van der Waals surface area contributed by atoms with E-state index in [0.29, 0.717) is 12.0 Å². The van der Waals surface area contributed by atoms with Crippen molar-refractivity contribution in [2.24, 2.45) is 0 Å². The van der Waals surface area contributed by atoms with Crippen LogP contribution in [0.15, 0.2) is 24.3 Å². The SMILES string of the molecule is O=C(Cl)c1ccccc1CCCCCCCCCC(F)(F)F. The Labute approximate surface area is 134 Å². The largest absolute Gasteiger partial charge is 0.389 e. The lowest BCUT2D eigenvalue weighted by atomic mass is 10.0. The molecule has 1 aromatic carbocycles. The standard InChI is InChI=1S/C17H22ClF3O/c18-16(22)15-12-8-7-11-14(15)10-6-4-2-1-3-5-9-13-17(19,20)21/h7-8,11-12H,1-6,9-10,13H2. The van der Waals surface area contributed by atoms with Crippen LogP contribution < -0.4 is 0 Å². The second-order valence-electron chi connectivity index (χ2n) is 5.52. The lowest BCUT2D eigenvalue weighted by Gasteiger charge is -2.07. The summed E-state index contributed by atoms with van der Waals surface area (Å²) in [6, 6.07) is 7.32. The molecule has 0 radical (unpaired) electrons. The van der Waals surface area contributed by atoms with Crippen LogP contribution in [0.25, 0.3) is 0 Å². The molecule has 0 aliphatic rings. The Balaban J connectivity index is 2.08. The average Bonchev–Trinajstić information content (AvgIpc) is 2.44. The smallest absolute Gasteiger partial charge is 0.276 e. The predicted octanol–water partition coefficient (Wildman–Crippen LogP) is 6.29. The normalized spacial score (nSPS) is 11.6. The molecule has 124 valence electrons. The monoisotopic (exact) mass is 334 g/mol. The first-order valence-corrected chi connectivity index (χ1v) is 8.12. The molecule has 0 unspecified atom stereocenters. The summed E-state index contributed by atoms with van der Waals surface area (Å²) in [6.07, 6.45) is 1.81. The van der Waals surface area contributed by atoms with E-state index < -0.39 is 17.8 Å². The highest BCUT2D eigenvalue weighted by Gasteiger charge is 2.25. The van der Waals surface area contributed by atoms with Gasteiger partial charge in [0.25, 0.3) is 5.24 Å². The number of hydrogen-bond donors (Lipinski definition) is 0. The van der Waals surface area contributed by atoms with Crippen molar-refractivity contribution in [2.75, 3.05) is 0 Å². The first-order valence-electron chi connectivity index (χ1n) is 7.74. The van der Waals surface area contributed by atoms with Crippen LogP contribution in [-0.2, 0) is 6.42 Å². The first-order chi connectivity index (χ1) is 10.4. The number of hydrogen-bond acceptors (Lipinski definition) is 1. The maximum Gasteiger partial charge on any atom is 0.389 e. The van der Waals surface area contributed by atoms with Crippen molar-refractivity contribution < 1.29 is 18.0 Å². The van der Waals surface area contributed by atoms with Crippen molar-refractivity contribution in [2.45, 2.75) is 64.0 Å². The molecular weight excluding hydrogens is 313 g/mol. The molecule has 0 heterocycles. The van der Waals surface area contributed by atoms with Gasteiger partial charge in [-0.2, -0.15) is 13.2 Å². The quantitative estimate of drug-likeness (QED) is 0.363. The molecule has 0 aliphatic heterocycles. The second-order valence-corrected chi connectivity index (χ2v) is 5.86. The number of benzene rings is 1. The summed E-state index contributed by atoms with van der Waals surface area (Å²) >= 11 is 5.53. The molecule has 1 nitrogen and oxygen atoms in total. The van der Waals surface area contributed by atoms with Crippen LogP contribution in [0.1, 0.15) is 67.3 Å². The Morgan fingerprint density at radius 2 is 1.45 bits per heavy atom. The number of halogens is 4. The van der Waals surface area contributed by atoms with Gasteiger partial charge in [-0.15, -0.1) is 0 Å². The highest BCUT2D eigenvalue weighted by molar-refractivity contribution is 6.67. The van der Waals surface area contributed by atoms with Crippen molar-refractivity contribution in [3.05, 3.63) is 35.4 Å². The molecule has 0 saturated carbocycles. The van der Waals surface area contributed by atoms with Gasteiger partial charge in [0.2, 0.25) is 0 Å². The van der Waals surface area contributed by atoms with Gasteiger partial charge in [-0.3, -0.25) is 4.79 Å². The lowest BCUT2D eigenvalue weighted by molar-refractivity contribution is -0.135. The van der Waals surface area contributed by atoms with Crippen LogP contribution >= 0.6 is 11.6 Å². The molecule has 1 aromatic rings. The zero-order chi connectivity index (χ0) is 16.4. The van der Waals surface area contributed by atoms with E-state index >= 15 is 0 Å². The molecule has 0 aromatic heterocycles. The number of carbonyl (C=O) groups excluding carboxylic acids is 1. The minimum absolute atomic E-state index is 0.231. The molecule has 0 bridgehead atoms. The van der Waals surface area contributed by atoms with Gasteiger partial charge in [-0.1, -0.05) is 50.3 Å². The number of aryl methyl sites for hydroxylation is 1. The Morgan fingerprint density at radius 3 is 2.05 bits per heavy atom. The number of rotatable bonds is 10. The molecule has 0 saturated heterocycles. The summed E-state index contributed by atoms with van der Waals surface area (Å²) in [5.74, 6) is 0. The van der Waals surface area contributed by atoms with Gasteiger partial charge in [0.1, 0.15) is 0 Å². The number of alkyl halides is 3. The minimum atomic E-state index is -4.02. The van der Waals surface area contributed by atoms with E-state index in [1.165, 1.54) is 0 Å². The van der Waals surface area contributed by atoms with Gasteiger partial charge in [0, 0.05) is 12.0 Å². The molecular formula is C17H22ClF3O. The van der Waals surface area contributed by atoms with Gasteiger partial charge >= 0.3 is 6.18 Å². The van der Waals surface area contributed by atoms with Gasteiger partial charge < -0.3 is 0 Å². The van der Waals surface area contributed by atoms with Gasteiger partial charge in [0.15, 0.2) is 0 Å². The van der Waals surface area contributed by atoms with Crippen LogP contribution in [0, 0.1) is 0 Å². The Hall–Kier alpha value is -1.03. The van der Waals surface area contributed by atoms with Crippen LogP contribution in [-0.4, -0.2) is 11.4 Å². The first kappa shape index (κ1) is 19.0. The van der Waals surface area contributed by atoms with Crippen LogP contribution in [0.3, 0.4) is 0 Å². The van der Waals surface area contributed by atoms with Crippen LogP contribution in [0.2, 0.25) is 0 Å². The van der Waals surface area contributed by atoms with Crippen LogP contribution in [0.4, 0.5) is 13.2 Å². The second kappa shape index (κ2) is 9.88. The fraction of sp³-hybridized carbons (Fsp3) is 0.588. The molecule has 1 rings (SSSR count). The molecule has 0 fully saturated rings. The summed E-state index contributed by atoms with van der Waals surface area (Å²) in [5.41, 5.74) is 1.53. The topological polar surface area (TPSA) is 17.1 Å². The number of unbranched alkanes of at least 4 members (excludes halogenated alkanes) is 6. The third-order valence-corrected chi connectivity index (χ3v) is 3.84. The number of carbonyl (C=O) groups is 1. The maximum absolute atomic E-state index is 11.9. The molecule has 0 amide bonds. The average molecular weight is 335 g/mol. The highest BCUT2D eigenvalue weighted by atomic mass is 35.5.